The lowest BCUT2D eigenvalue weighted by molar-refractivity contribution is -0.139. The Morgan fingerprint density at radius 1 is 0.722 bits per heavy atom. The number of aromatic amines is 1. The minimum Gasteiger partial charge on any atom is -0.453 e. The van der Waals surface area contributed by atoms with E-state index in [1.54, 1.807) is 64.1 Å². The van der Waals surface area contributed by atoms with Crippen molar-refractivity contribution in [3.05, 3.63) is 48.3 Å². The number of carbonyl (C=O) groups is 6. The SMILES string of the molecule is COC(=O)N[C@H](C(=O)N1CCCC1C(=O)Nc1ccc2[nH]c(-c3ccc(NC(=O)[C@@H]4CCCN4C(=O)[C@@H](NC(=O)OC)C(C)C)cc3)c(F)c2c1)C(C)C. The summed E-state index contributed by atoms with van der Waals surface area (Å²) >= 11 is 0. The highest BCUT2D eigenvalue weighted by Crippen LogP contribution is 2.32. The zero-order valence-corrected chi connectivity index (χ0v) is 31.3. The topological polar surface area (TPSA) is 191 Å². The summed E-state index contributed by atoms with van der Waals surface area (Å²) in [5.74, 6) is -2.54. The Morgan fingerprint density at radius 2 is 1.19 bits per heavy atom. The number of nitrogens with zero attached hydrogens (tertiary/aromatic N) is 2. The molecule has 2 fully saturated rings. The molecule has 54 heavy (non-hydrogen) atoms. The van der Waals surface area contributed by atoms with E-state index in [-0.39, 0.29) is 40.6 Å². The van der Waals surface area contributed by atoms with Crippen molar-refractivity contribution in [1.82, 2.24) is 25.4 Å². The zero-order chi connectivity index (χ0) is 39.3. The summed E-state index contributed by atoms with van der Waals surface area (Å²) in [6.07, 6.45) is 0.676. The Bertz CT molecular complexity index is 1900. The first-order valence-corrected chi connectivity index (χ1v) is 18.1. The number of benzene rings is 2. The van der Waals surface area contributed by atoms with Crippen LogP contribution in [-0.4, -0.2) is 102 Å². The third-order valence-corrected chi connectivity index (χ3v) is 9.90. The van der Waals surface area contributed by atoms with Gasteiger partial charge in [-0.3, -0.25) is 19.2 Å². The normalized spacial score (nSPS) is 18.0. The van der Waals surface area contributed by atoms with Gasteiger partial charge in [0.25, 0.3) is 0 Å². The molecule has 6 amide bonds. The number of carbonyl (C=O) groups excluding carboxylic acids is 6. The number of methoxy groups -OCH3 is 2. The van der Waals surface area contributed by atoms with Gasteiger partial charge in [-0.05, 0) is 67.9 Å². The van der Waals surface area contributed by atoms with Crippen molar-refractivity contribution < 1.29 is 42.6 Å². The fourth-order valence-corrected chi connectivity index (χ4v) is 6.97. The highest BCUT2D eigenvalue weighted by Gasteiger charge is 2.40. The largest absolute Gasteiger partial charge is 0.453 e. The van der Waals surface area contributed by atoms with Gasteiger partial charge in [-0.25, -0.2) is 14.0 Å². The Balaban J connectivity index is 1.25. The number of halogens is 1. The lowest BCUT2D eigenvalue weighted by Gasteiger charge is -2.30. The quantitative estimate of drug-likeness (QED) is 0.188. The number of rotatable bonds is 11. The standard InChI is InChI=1S/C38H48FN7O8/c1-20(2)30(43-37(51)53-5)35(49)45-17-7-9-27(45)33(47)40-23-13-11-22(12-14-23)32-29(39)25-19-24(15-16-26(25)42-32)41-34(48)28-10-8-18-46(28)36(50)31(21(3)4)44-38(52)54-6/h11-16,19-21,27-28,30-31,42H,7-10,17-18H2,1-6H3,(H,40,47)(H,41,48)(H,43,51)(H,44,52)/t27-,28?,30-,31-/m0/s1. The van der Waals surface area contributed by atoms with Crippen LogP contribution in [0.1, 0.15) is 53.4 Å². The van der Waals surface area contributed by atoms with Crippen molar-refractivity contribution in [2.45, 2.75) is 77.5 Å². The van der Waals surface area contributed by atoms with Gasteiger partial charge in [0.1, 0.15) is 24.2 Å². The summed E-state index contributed by atoms with van der Waals surface area (Å²) < 4.78 is 25.2. The maximum Gasteiger partial charge on any atom is 0.407 e. The fraction of sp³-hybridized carbons (Fsp3) is 0.474. The number of anilines is 2. The molecule has 16 heteroatoms. The van der Waals surface area contributed by atoms with Gasteiger partial charge in [0, 0.05) is 40.9 Å². The summed E-state index contributed by atoms with van der Waals surface area (Å²) in [4.78, 5) is 83.2. The number of fused-ring (bicyclic) bond motifs is 1. The van der Waals surface area contributed by atoms with Crippen LogP contribution in [0.5, 0.6) is 0 Å². The molecule has 0 bridgehead atoms. The number of ether oxygens (including phenoxy) is 2. The molecule has 1 aromatic heterocycles. The van der Waals surface area contributed by atoms with Crippen molar-refractivity contribution in [2.75, 3.05) is 37.9 Å². The van der Waals surface area contributed by atoms with Crippen LogP contribution >= 0.6 is 0 Å². The molecule has 5 N–H and O–H groups in total. The van der Waals surface area contributed by atoms with E-state index in [4.69, 9.17) is 0 Å². The fourth-order valence-electron chi connectivity index (χ4n) is 6.97. The zero-order valence-electron chi connectivity index (χ0n) is 31.3. The van der Waals surface area contributed by atoms with Gasteiger partial charge in [0.05, 0.1) is 19.9 Å². The number of nitrogens with one attached hydrogen (secondary N) is 5. The van der Waals surface area contributed by atoms with E-state index in [9.17, 15) is 28.8 Å². The Labute approximate surface area is 312 Å². The van der Waals surface area contributed by atoms with Gasteiger partial charge >= 0.3 is 12.2 Å². The van der Waals surface area contributed by atoms with Gasteiger partial charge < -0.3 is 45.5 Å². The number of likely N-dealkylation sites (tertiary alicyclic amines) is 2. The molecule has 2 aliphatic heterocycles. The molecule has 0 saturated carbocycles. The summed E-state index contributed by atoms with van der Waals surface area (Å²) in [6, 6.07) is 8.20. The molecule has 2 saturated heterocycles. The third-order valence-electron chi connectivity index (χ3n) is 9.90. The number of H-pyrrole nitrogens is 1. The van der Waals surface area contributed by atoms with Gasteiger partial charge in [0.15, 0.2) is 5.82 Å². The van der Waals surface area contributed by atoms with Gasteiger partial charge in [-0.2, -0.15) is 0 Å². The van der Waals surface area contributed by atoms with Crippen LogP contribution in [0.25, 0.3) is 22.2 Å². The van der Waals surface area contributed by atoms with E-state index in [0.717, 1.165) is 0 Å². The molecule has 4 atom stereocenters. The van der Waals surface area contributed by atoms with Crippen LogP contribution in [0.2, 0.25) is 0 Å². The second-order valence-corrected chi connectivity index (χ2v) is 14.2. The second-order valence-electron chi connectivity index (χ2n) is 14.2. The smallest absolute Gasteiger partial charge is 0.407 e. The first-order valence-electron chi connectivity index (χ1n) is 18.1. The van der Waals surface area contributed by atoms with Crippen LogP contribution in [0, 0.1) is 17.7 Å². The van der Waals surface area contributed by atoms with Crippen LogP contribution in [0.15, 0.2) is 42.5 Å². The molecular weight excluding hydrogens is 701 g/mol. The summed E-state index contributed by atoms with van der Waals surface area (Å²) in [5.41, 5.74) is 2.03. The van der Waals surface area contributed by atoms with Gasteiger partial charge in [-0.1, -0.05) is 39.8 Å². The highest BCUT2D eigenvalue weighted by atomic mass is 19.1. The Morgan fingerprint density at radius 3 is 1.65 bits per heavy atom. The van der Waals surface area contributed by atoms with Crippen molar-refractivity contribution in [1.29, 1.82) is 0 Å². The molecule has 3 aromatic rings. The molecule has 2 aliphatic rings. The molecule has 2 aromatic carbocycles. The van der Waals surface area contributed by atoms with Crippen molar-refractivity contribution in [3.63, 3.8) is 0 Å². The summed E-state index contributed by atoms with van der Waals surface area (Å²) in [7, 11) is 2.43. The molecular formula is C38H48FN7O8. The Hall–Kier alpha value is -5.67. The summed E-state index contributed by atoms with van der Waals surface area (Å²) in [6.45, 7) is 7.91. The van der Waals surface area contributed by atoms with Gasteiger partial charge in [-0.15, -0.1) is 0 Å². The average molecular weight is 750 g/mol. The lowest BCUT2D eigenvalue weighted by atomic mass is 10.0. The first kappa shape index (κ1) is 39.5. The number of amides is 6. The van der Waals surface area contributed by atoms with Crippen molar-refractivity contribution >= 4 is 58.1 Å². The number of hydrogen-bond acceptors (Lipinski definition) is 8. The molecule has 5 rings (SSSR count). The van der Waals surface area contributed by atoms with E-state index in [0.29, 0.717) is 61.2 Å². The van der Waals surface area contributed by atoms with Crippen molar-refractivity contribution in [3.8, 4) is 11.3 Å². The van der Waals surface area contributed by atoms with E-state index in [1.807, 2.05) is 0 Å². The predicted molar refractivity (Wildman–Crippen MR) is 199 cm³/mol. The monoisotopic (exact) mass is 749 g/mol. The van der Waals surface area contributed by atoms with Crippen LogP contribution < -0.4 is 21.3 Å². The van der Waals surface area contributed by atoms with Gasteiger partial charge in [0.2, 0.25) is 23.6 Å². The first-order chi connectivity index (χ1) is 25.7. The lowest BCUT2D eigenvalue weighted by Crippen LogP contribution is -2.54. The molecule has 0 radical (unpaired) electrons. The number of aromatic nitrogens is 1. The molecule has 0 aliphatic carbocycles. The third kappa shape index (κ3) is 8.58. The maximum atomic E-state index is 15.9. The molecule has 15 nitrogen and oxygen atoms in total. The minimum absolute atomic E-state index is 0.210. The van der Waals surface area contributed by atoms with Crippen molar-refractivity contribution in [2.24, 2.45) is 11.8 Å². The molecule has 290 valence electrons. The van der Waals surface area contributed by atoms with E-state index < -0.39 is 48.1 Å². The maximum absolute atomic E-state index is 15.9. The molecule has 0 spiro atoms. The molecule has 1 unspecified atom stereocenters. The predicted octanol–water partition coefficient (Wildman–Crippen LogP) is 4.59. The minimum atomic E-state index is -0.867. The van der Waals surface area contributed by atoms with Crippen LogP contribution in [0.4, 0.5) is 25.4 Å². The van der Waals surface area contributed by atoms with Crippen LogP contribution in [-0.2, 0) is 28.7 Å². The number of alkyl carbamates (subject to hydrolysis) is 2. The highest BCUT2D eigenvalue weighted by molar-refractivity contribution is 6.01. The van der Waals surface area contributed by atoms with E-state index in [2.05, 4.69) is 35.7 Å². The van der Waals surface area contributed by atoms with Crippen LogP contribution in [0.3, 0.4) is 0 Å². The summed E-state index contributed by atoms with van der Waals surface area (Å²) in [5, 5.41) is 11.0. The van der Waals surface area contributed by atoms with E-state index in [1.165, 1.54) is 30.1 Å². The number of hydrogen-bond donors (Lipinski definition) is 5. The van der Waals surface area contributed by atoms with E-state index >= 15 is 4.39 Å². The second kappa shape index (κ2) is 17.0. The molecule has 3 heterocycles. The average Bonchev–Trinajstić information content (AvgIpc) is 3.92. The Kier molecular flexibility index (Phi) is 12.4.